The Morgan fingerprint density at radius 2 is 2.27 bits per heavy atom. The van der Waals surface area contributed by atoms with E-state index in [0.29, 0.717) is 5.69 Å². The Kier molecular flexibility index (Phi) is 2.86. The Balaban J connectivity index is 2.58. The number of hydrogen-bond donors (Lipinski definition) is 0. The molecule has 0 saturated heterocycles. The van der Waals surface area contributed by atoms with Gasteiger partial charge in [0.2, 0.25) is 0 Å². The van der Waals surface area contributed by atoms with Crippen LogP contribution < -0.4 is 0 Å². The number of benzene rings is 1. The van der Waals surface area contributed by atoms with Gasteiger partial charge in [-0.1, -0.05) is 22.9 Å². The van der Waals surface area contributed by atoms with Gasteiger partial charge in [-0.3, -0.25) is 0 Å². The van der Waals surface area contributed by atoms with Gasteiger partial charge in [-0.05, 0) is 18.2 Å². The number of aromatic nitrogens is 2. The number of aryl methyl sites for hydroxylation is 1. The molecule has 0 fully saturated rings. The van der Waals surface area contributed by atoms with Crippen LogP contribution in [0.5, 0.6) is 0 Å². The van der Waals surface area contributed by atoms with Gasteiger partial charge in [-0.25, -0.2) is 9.37 Å². The van der Waals surface area contributed by atoms with Gasteiger partial charge in [0.05, 0.1) is 5.69 Å². The molecule has 15 heavy (non-hydrogen) atoms. The molecular weight excluding hydrogens is 259 g/mol. The van der Waals surface area contributed by atoms with Crippen molar-refractivity contribution in [2.75, 3.05) is 0 Å². The maximum atomic E-state index is 13.6. The van der Waals surface area contributed by atoms with Gasteiger partial charge in [-0.15, -0.1) is 0 Å². The molecule has 0 bridgehead atoms. The molecule has 0 radical (unpaired) electrons. The Hall–Kier alpha value is -1.16. The minimum atomic E-state index is -0.245. The molecule has 0 atom stereocenters. The van der Waals surface area contributed by atoms with Gasteiger partial charge < -0.3 is 4.57 Å². The summed E-state index contributed by atoms with van der Waals surface area (Å²) in [7, 11) is 0. The lowest BCUT2D eigenvalue weighted by Crippen LogP contribution is -2.01. The molecule has 2 nitrogen and oxygen atoms in total. The molecule has 0 N–H and O–H groups in total. The molecule has 0 aliphatic rings. The molecule has 1 aromatic carbocycles. The molecule has 0 spiro atoms. The van der Waals surface area contributed by atoms with E-state index in [0.717, 1.165) is 16.7 Å². The summed E-state index contributed by atoms with van der Waals surface area (Å²) in [6.45, 7) is 1.99. The summed E-state index contributed by atoms with van der Waals surface area (Å²) in [4.78, 5) is 4.16. The van der Waals surface area contributed by atoms with Crippen molar-refractivity contribution in [2.24, 2.45) is 0 Å². The molecular formula is C11H10BrFN2. The molecule has 0 amide bonds. The average Bonchev–Trinajstić information content (AvgIpc) is 2.69. The lowest BCUT2D eigenvalue weighted by atomic mass is 10.3. The second-order valence-corrected chi connectivity index (χ2v) is 4.08. The van der Waals surface area contributed by atoms with E-state index in [-0.39, 0.29) is 5.82 Å². The first-order chi connectivity index (χ1) is 7.22. The zero-order chi connectivity index (χ0) is 10.8. The summed E-state index contributed by atoms with van der Waals surface area (Å²) in [6.07, 6.45) is 4.22. The SMILES string of the molecule is CCc1nccn1-c1cc(Br)ccc1F. The van der Waals surface area contributed by atoms with Crippen molar-refractivity contribution in [2.45, 2.75) is 13.3 Å². The van der Waals surface area contributed by atoms with Crippen molar-refractivity contribution < 1.29 is 4.39 Å². The first kappa shape index (κ1) is 10.4. The smallest absolute Gasteiger partial charge is 0.147 e. The Morgan fingerprint density at radius 3 is 3.00 bits per heavy atom. The number of halogens is 2. The van der Waals surface area contributed by atoms with Crippen LogP contribution in [0.1, 0.15) is 12.7 Å². The quantitative estimate of drug-likeness (QED) is 0.817. The predicted molar refractivity (Wildman–Crippen MR) is 60.6 cm³/mol. The second kappa shape index (κ2) is 4.14. The van der Waals surface area contributed by atoms with E-state index in [9.17, 15) is 4.39 Å². The number of imidazole rings is 1. The minimum Gasteiger partial charge on any atom is -0.301 e. The first-order valence-corrected chi connectivity index (χ1v) is 5.49. The highest BCUT2D eigenvalue weighted by Crippen LogP contribution is 2.20. The summed E-state index contributed by atoms with van der Waals surface area (Å²) < 4.78 is 16.2. The summed E-state index contributed by atoms with van der Waals surface area (Å²) >= 11 is 3.33. The van der Waals surface area contributed by atoms with Crippen LogP contribution in [0.25, 0.3) is 5.69 Å². The van der Waals surface area contributed by atoms with Crippen LogP contribution in [0, 0.1) is 5.82 Å². The predicted octanol–water partition coefficient (Wildman–Crippen LogP) is 3.34. The molecule has 1 aromatic heterocycles. The highest BCUT2D eigenvalue weighted by Gasteiger charge is 2.08. The Morgan fingerprint density at radius 1 is 1.47 bits per heavy atom. The van der Waals surface area contributed by atoms with E-state index >= 15 is 0 Å². The maximum Gasteiger partial charge on any atom is 0.147 e. The molecule has 2 aromatic rings. The fourth-order valence-electron chi connectivity index (χ4n) is 1.49. The van der Waals surface area contributed by atoms with Gasteiger partial charge >= 0.3 is 0 Å². The van der Waals surface area contributed by atoms with Crippen LogP contribution in [0.4, 0.5) is 4.39 Å². The second-order valence-electron chi connectivity index (χ2n) is 3.16. The van der Waals surface area contributed by atoms with E-state index in [1.54, 1.807) is 29.1 Å². The highest BCUT2D eigenvalue weighted by atomic mass is 79.9. The lowest BCUT2D eigenvalue weighted by molar-refractivity contribution is 0.615. The largest absolute Gasteiger partial charge is 0.301 e. The normalized spacial score (nSPS) is 10.6. The average molecular weight is 269 g/mol. The Labute approximate surface area is 95.9 Å². The van der Waals surface area contributed by atoms with Crippen LogP contribution >= 0.6 is 15.9 Å². The first-order valence-electron chi connectivity index (χ1n) is 4.70. The van der Waals surface area contributed by atoms with Gasteiger partial charge in [0.15, 0.2) is 0 Å². The molecule has 0 aliphatic heterocycles. The molecule has 4 heteroatoms. The molecule has 2 rings (SSSR count). The monoisotopic (exact) mass is 268 g/mol. The van der Waals surface area contributed by atoms with E-state index in [1.165, 1.54) is 6.07 Å². The summed E-state index contributed by atoms with van der Waals surface area (Å²) in [5.41, 5.74) is 0.527. The van der Waals surface area contributed by atoms with Crippen molar-refractivity contribution in [3.63, 3.8) is 0 Å². The van der Waals surface area contributed by atoms with E-state index in [1.807, 2.05) is 6.92 Å². The van der Waals surface area contributed by atoms with Crippen LogP contribution in [0.2, 0.25) is 0 Å². The van der Waals surface area contributed by atoms with Crippen LogP contribution in [-0.2, 0) is 6.42 Å². The maximum absolute atomic E-state index is 13.6. The third-order valence-electron chi connectivity index (χ3n) is 2.20. The van der Waals surface area contributed by atoms with Gasteiger partial charge in [0.25, 0.3) is 0 Å². The molecule has 0 aliphatic carbocycles. The van der Waals surface area contributed by atoms with Crippen molar-refractivity contribution in [3.8, 4) is 5.69 Å². The highest BCUT2D eigenvalue weighted by molar-refractivity contribution is 9.10. The van der Waals surface area contributed by atoms with Crippen LogP contribution in [0.3, 0.4) is 0 Å². The Bertz CT molecular complexity index is 479. The summed E-state index contributed by atoms with van der Waals surface area (Å²) in [5, 5.41) is 0. The van der Waals surface area contributed by atoms with Crippen molar-refractivity contribution >= 4 is 15.9 Å². The van der Waals surface area contributed by atoms with E-state index < -0.39 is 0 Å². The number of rotatable bonds is 2. The van der Waals surface area contributed by atoms with Crippen LogP contribution in [0.15, 0.2) is 35.1 Å². The fraction of sp³-hybridized carbons (Fsp3) is 0.182. The zero-order valence-corrected chi connectivity index (χ0v) is 9.83. The zero-order valence-electron chi connectivity index (χ0n) is 8.24. The summed E-state index contributed by atoms with van der Waals surface area (Å²) in [6, 6.07) is 4.87. The van der Waals surface area contributed by atoms with E-state index in [2.05, 4.69) is 20.9 Å². The van der Waals surface area contributed by atoms with Crippen LogP contribution in [-0.4, -0.2) is 9.55 Å². The number of nitrogens with zero attached hydrogens (tertiary/aromatic N) is 2. The lowest BCUT2D eigenvalue weighted by Gasteiger charge is -2.07. The van der Waals surface area contributed by atoms with Gasteiger partial charge in [0.1, 0.15) is 11.6 Å². The summed E-state index contributed by atoms with van der Waals surface area (Å²) in [5.74, 6) is 0.609. The standard InChI is InChI=1S/C11H10BrFN2/c1-2-11-14-5-6-15(11)10-7-8(12)3-4-9(10)13/h3-7H,2H2,1H3. The molecule has 0 unspecified atom stereocenters. The third-order valence-corrected chi connectivity index (χ3v) is 2.69. The number of hydrogen-bond acceptors (Lipinski definition) is 1. The van der Waals surface area contributed by atoms with E-state index in [4.69, 9.17) is 0 Å². The van der Waals surface area contributed by atoms with Gasteiger partial charge in [0, 0.05) is 23.3 Å². The third kappa shape index (κ3) is 1.95. The van der Waals surface area contributed by atoms with Gasteiger partial charge in [-0.2, -0.15) is 0 Å². The van der Waals surface area contributed by atoms with Crippen molar-refractivity contribution in [3.05, 3.63) is 46.7 Å². The topological polar surface area (TPSA) is 17.8 Å². The van der Waals surface area contributed by atoms with Crippen molar-refractivity contribution in [1.29, 1.82) is 0 Å². The molecule has 0 saturated carbocycles. The van der Waals surface area contributed by atoms with Crippen molar-refractivity contribution in [1.82, 2.24) is 9.55 Å². The fourth-order valence-corrected chi connectivity index (χ4v) is 1.83. The molecule has 78 valence electrons. The molecule has 1 heterocycles. The minimum absolute atomic E-state index is 0.245.